The van der Waals surface area contributed by atoms with E-state index in [1.54, 1.807) is 35.2 Å². The van der Waals surface area contributed by atoms with Crippen molar-refractivity contribution in [2.24, 2.45) is 0 Å². The molecule has 2 amide bonds. The van der Waals surface area contributed by atoms with Gasteiger partial charge in [-0.2, -0.15) is 0 Å². The van der Waals surface area contributed by atoms with Crippen LogP contribution in [0.1, 0.15) is 35.7 Å². The zero-order valence-electron chi connectivity index (χ0n) is 15.8. The summed E-state index contributed by atoms with van der Waals surface area (Å²) in [6, 6.07) is 11.8. The van der Waals surface area contributed by atoms with Gasteiger partial charge >= 0.3 is 0 Å². The van der Waals surface area contributed by atoms with Crippen molar-refractivity contribution in [2.75, 3.05) is 13.1 Å². The number of hydroxylamine groups is 1. The summed E-state index contributed by atoms with van der Waals surface area (Å²) < 4.78 is 13.5. The Morgan fingerprint density at radius 2 is 1.86 bits per heavy atom. The van der Waals surface area contributed by atoms with Crippen molar-refractivity contribution in [1.82, 2.24) is 15.4 Å². The number of pyridine rings is 1. The lowest BCUT2D eigenvalue weighted by Crippen LogP contribution is -2.38. The number of aromatic nitrogens is 1. The smallest absolute Gasteiger partial charge is 0.267 e. The van der Waals surface area contributed by atoms with Gasteiger partial charge in [-0.1, -0.05) is 18.2 Å². The van der Waals surface area contributed by atoms with Crippen LogP contribution >= 0.6 is 0 Å². The van der Waals surface area contributed by atoms with Crippen molar-refractivity contribution < 1.29 is 19.2 Å². The molecule has 2 aromatic rings. The summed E-state index contributed by atoms with van der Waals surface area (Å²) in [6.07, 6.45) is 7.50. The number of likely N-dealkylation sites (tertiary alicyclic amines) is 1. The number of hydrogen-bond donors (Lipinski definition) is 2. The highest BCUT2D eigenvalue weighted by Crippen LogP contribution is 2.27. The number of nitrogens with one attached hydrogen (secondary N) is 1. The lowest BCUT2D eigenvalue weighted by Gasteiger charge is -2.32. The van der Waals surface area contributed by atoms with E-state index in [4.69, 9.17) is 5.21 Å². The number of halogens is 1. The lowest BCUT2D eigenvalue weighted by atomic mass is 9.90. The lowest BCUT2D eigenvalue weighted by molar-refractivity contribution is -0.127. The Labute approximate surface area is 168 Å². The van der Waals surface area contributed by atoms with Gasteiger partial charge in [0.25, 0.3) is 5.91 Å². The van der Waals surface area contributed by atoms with Gasteiger partial charge in [0.05, 0.1) is 11.4 Å². The van der Waals surface area contributed by atoms with E-state index in [2.05, 4.69) is 4.98 Å². The molecule has 1 atom stereocenters. The molecule has 0 saturated carbocycles. The molecule has 6 nitrogen and oxygen atoms in total. The number of benzene rings is 1. The van der Waals surface area contributed by atoms with Crippen LogP contribution in [0.15, 0.2) is 54.6 Å². The quantitative estimate of drug-likeness (QED) is 0.463. The number of hydrogen-bond acceptors (Lipinski definition) is 4. The molecule has 1 aromatic heterocycles. The van der Waals surface area contributed by atoms with E-state index in [1.165, 1.54) is 29.8 Å². The SMILES string of the molecule is O=C(C=Cc1cccc(C=CC(=O)N2CCCC(c3cccc(F)c3)C2)n1)NO. The Morgan fingerprint density at radius 1 is 1.14 bits per heavy atom. The third-order valence-electron chi connectivity index (χ3n) is 4.76. The average Bonchev–Trinajstić information content (AvgIpc) is 2.76. The molecule has 7 heteroatoms. The fourth-order valence-corrected chi connectivity index (χ4v) is 3.32. The summed E-state index contributed by atoms with van der Waals surface area (Å²) in [6.45, 7) is 1.22. The molecule has 2 heterocycles. The summed E-state index contributed by atoms with van der Waals surface area (Å²) in [5, 5.41) is 8.50. The standard InChI is InChI=1S/C22H22FN3O3/c23-18-6-1-4-16(14-18)17-5-3-13-26(15-17)22(28)12-10-20-8-2-7-19(24-20)9-11-21(27)25-29/h1-2,4,6-12,14,17,29H,3,5,13,15H2,(H,25,27). The van der Waals surface area contributed by atoms with Gasteiger partial charge in [-0.15, -0.1) is 0 Å². The molecule has 1 aliphatic rings. The highest BCUT2D eigenvalue weighted by atomic mass is 19.1. The minimum absolute atomic E-state index is 0.117. The number of rotatable bonds is 5. The van der Waals surface area contributed by atoms with E-state index in [1.807, 2.05) is 6.07 Å². The van der Waals surface area contributed by atoms with Crippen LogP contribution in [0.5, 0.6) is 0 Å². The Balaban J connectivity index is 1.64. The Kier molecular flexibility index (Phi) is 6.86. The maximum absolute atomic E-state index is 13.5. The Hall–Kier alpha value is -3.32. The average molecular weight is 395 g/mol. The van der Waals surface area contributed by atoms with Crippen molar-refractivity contribution in [3.8, 4) is 0 Å². The van der Waals surface area contributed by atoms with Crippen molar-refractivity contribution >= 4 is 24.0 Å². The van der Waals surface area contributed by atoms with Crippen LogP contribution in [0.25, 0.3) is 12.2 Å². The van der Waals surface area contributed by atoms with E-state index in [0.29, 0.717) is 24.5 Å². The molecule has 0 bridgehead atoms. The van der Waals surface area contributed by atoms with E-state index in [0.717, 1.165) is 24.5 Å². The van der Waals surface area contributed by atoms with Crippen LogP contribution in [-0.4, -0.2) is 40.0 Å². The summed E-state index contributed by atoms with van der Waals surface area (Å²) >= 11 is 0. The minimum atomic E-state index is -0.652. The monoisotopic (exact) mass is 395 g/mol. The van der Waals surface area contributed by atoms with Crippen LogP contribution in [0, 0.1) is 5.82 Å². The molecule has 1 saturated heterocycles. The number of carbonyl (C=O) groups excluding carboxylic acids is 2. The summed E-state index contributed by atoms with van der Waals surface area (Å²) in [4.78, 5) is 29.7. The highest BCUT2D eigenvalue weighted by molar-refractivity contribution is 5.92. The van der Waals surface area contributed by atoms with Gasteiger partial charge in [-0.3, -0.25) is 14.8 Å². The van der Waals surface area contributed by atoms with Gasteiger partial charge in [-0.25, -0.2) is 14.9 Å². The zero-order chi connectivity index (χ0) is 20.6. The third-order valence-corrected chi connectivity index (χ3v) is 4.76. The third kappa shape index (κ3) is 5.83. The van der Waals surface area contributed by atoms with Crippen LogP contribution < -0.4 is 5.48 Å². The van der Waals surface area contributed by atoms with Gasteiger partial charge in [0.1, 0.15) is 5.82 Å². The van der Waals surface area contributed by atoms with Crippen molar-refractivity contribution in [3.05, 3.63) is 77.4 Å². The predicted molar refractivity (Wildman–Crippen MR) is 107 cm³/mol. The largest absolute Gasteiger partial charge is 0.339 e. The second-order valence-electron chi connectivity index (χ2n) is 6.81. The predicted octanol–water partition coefficient (Wildman–Crippen LogP) is 3.16. The first-order valence-electron chi connectivity index (χ1n) is 9.37. The number of amides is 2. The topological polar surface area (TPSA) is 82.5 Å². The molecule has 1 aliphatic heterocycles. The fourth-order valence-electron chi connectivity index (χ4n) is 3.32. The molecule has 1 unspecified atom stereocenters. The van der Waals surface area contributed by atoms with Crippen LogP contribution in [0.2, 0.25) is 0 Å². The Morgan fingerprint density at radius 3 is 2.59 bits per heavy atom. The highest BCUT2D eigenvalue weighted by Gasteiger charge is 2.23. The summed E-state index contributed by atoms with van der Waals surface area (Å²) in [5.41, 5.74) is 3.52. The molecule has 0 radical (unpaired) electrons. The second kappa shape index (κ2) is 9.75. The molecule has 29 heavy (non-hydrogen) atoms. The van der Waals surface area contributed by atoms with Gasteiger partial charge < -0.3 is 4.90 Å². The Bertz CT molecular complexity index is 942. The molecule has 150 valence electrons. The molecule has 2 N–H and O–H groups in total. The van der Waals surface area contributed by atoms with Crippen molar-refractivity contribution in [2.45, 2.75) is 18.8 Å². The first kappa shape index (κ1) is 20.4. The number of nitrogens with zero attached hydrogens (tertiary/aromatic N) is 2. The van der Waals surface area contributed by atoms with E-state index in [-0.39, 0.29) is 17.6 Å². The fraction of sp³-hybridized carbons (Fsp3) is 0.227. The van der Waals surface area contributed by atoms with Crippen LogP contribution in [0.4, 0.5) is 4.39 Å². The van der Waals surface area contributed by atoms with E-state index >= 15 is 0 Å². The summed E-state index contributed by atoms with van der Waals surface area (Å²) in [7, 11) is 0. The maximum atomic E-state index is 13.5. The van der Waals surface area contributed by atoms with Gasteiger partial charge in [0.2, 0.25) is 5.91 Å². The van der Waals surface area contributed by atoms with Crippen LogP contribution in [0.3, 0.4) is 0 Å². The molecule has 0 aliphatic carbocycles. The van der Waals surface area contributed by atoms with E-state index < -0.39 is 5.91 Å². The molecule has 3 rings (SSSR count). The molecule has 1 aromatic carbocycles. The van der Waals surface area contributed by atoms with Gasteiger partial charge in [0.15, 0.2) is 0 Å². The molecular formula is C22H22FN3O3. The molecule has 1 fully saturated rings. The van der Waals surface area contributed by atoms with Crippen molar-refractivity contribution in [1.29, 1.82) is 0 Å². The normalized spacial score (nSPS) is 17.0. The maximum Gasteiger partial charge on any atom is 0.267 e. The molecule has 0 spiro atoms. The van der Waals surface area contributed by atoms with Crippen LogP contribution in [-0.2, 0) is 9.59 Å². The number of piperidine rings is 1. The molecular weight excluding hydrogens is 373 g/mol. The van der Waals surface area contributed by atoms with Crippen molar-refractivity contribution in [3.63, 3.8) is 0 Å². The zero-order valence-corrected chi connectivity index (χ0v) is 15.8. The van der Waals surface area contributed by atoms with E-state index in [9.17, 15) is 14.0 Å². The van der Waals surface area contributed by atoms with Gasteiger partial charge in [-0.05, 0) is 54.8 Å². The second-order valence-corrected chi connectivity index (χ2v) is 6.81. The number of carbonyl (C=O) groups is 2. The first-order valence-corrected chi connectivity index (χ1v) is 9.37. The minimum Gasteiger partial charge on any atom is -0.339 e. The summed E-state index contributed by atoms with van der Waals surface area (Å²) in [5.74, 6) is -0.905. The first-order chi connectivity index (χ1) is 14.0. The van der Waals surface area contributed by atoms with Gasteiger partial charge in [0, 0.05) is 31.2 Å².